The van der Waals surface area contributed by atoms with Crippen LogP contribution in [0.15, 0.2) is 0 Å². The second kappa shape index (κ2) is 82.2. The van der Waals surface area contributed by atoms with Crippen LogP contribution in [0.4, 0.5) is 0 Å². The van der Waals surface area contributed by atoms with E-state index in [-0.39, 0.29) is 25.7 Å². The van der Waals surface area contributed by atoms with Crippen LogP contribution in [-0.2, 0) is 65.4 Å². The van der Waals surface area contributed by atoms with E-state index in [2.05, 4.69) is 41.5 Å². The van der Waals surface area contributed by atoms with Crippen molar-refractivity contribution in [1.82, 2.24) is 0 Å². The molecule has 110 heavy (non-hydrogen) atoms. The van der Waals surface area contributed by atoms with Gasteiger partial charge in [0.25, 0.3) is 0 Å². The Kier molecular flexibility index (Phi) is 80.7. The van der Waals surface area contributed by atoms with Crippen molar-refractivity contribution >= 4 is 39.5 Å². The molecule has 0 aliphatic heterocycles. The smallest absolute Gasteiger partial charge is 0.462 e. The molecule has 0 saturated carbocycles. The summed E-state index contributed by atoms with van der Waals surface area (Å²) in [5.74, 6) is -0.479. The van der Waals surface area contributed by atoms with Gasteiger partial charge < -0.3 is 33.8 Å². The van der Waals surface area contributed by atoms with E-state index in [1.807, 2.05) is 0 Å². The van der Waals surface area contributed by atoms with Gasteiger partial charge in [0.05, 0.1) is 26.4 Å². The molecule has 0 amide bonds. The maximum atomic E-state index is 13.2. The van der Waals surface area contributed by atoms with Gasteiger partial charge >= 0.3 is 39.5 Å². The molecule has 0 aliphatic rings. The fourth-order valence-electron chi connectivity index (χ4n) is 14.3. The average Bonchev–Trinajstić information content (AvgIpc) is 0.897. The van der Waals surface area contributed by atoms with Crippen LogP contribution in [-0.4, -0.2) is 96.7 Å². The predicted octanol–water partition coefficient (Wildman–Crippen LogP) is 28.2. The number of hydrogen-bond acceptors (Lipinski definition) is 15. The van der Waals surface area contributed by atoms with Gasteiger partial charge in [0.15, 0.2) is 12.2 Å². The van der Waals surface area contributed by atoms with E-state index < -0.39 is 97.5 Å². The lowest BCUT2D eigenvalue weighted by Gasteiger charge is -2.21. The van der Waals surface area contributed by atoms with Crippen LogP contribution in [0.3, 0.4) is 0 Å². The third kappa shape index (κ3) is 84.0. The summed E-state index contributed by atoms with van der Waals surface area (Å²) < 4.78 is 69.1. The number of carbonyl (C=O) groups is 4. The lowest BCUT2D eigenvalue weighted by molar-refractivity contribution is -0.161. The van der Waals surface area contributed by atoms with Gasteiger partial charge in [0.1, 0.15) is 19.3 Å². The molecule has 0 fully saturated rings. The Morgan fingerprint density at radius 3 is 0.618 bits per heavy atom. The van der Waals surface area contributed by atoms with Crippen LogP contribution in [0, 0.1) is 11.8 Å². The quantitative estimate of drug-likeness (QED) is 0.0222. The van der Waals surface area contributed by atoms with Crippen molar-refractivity contribution in [3.05, 3.63) is 0 Å². The standard InChI is InChI=1S/C91H178O17P2/c1-7-9-11-13-15-17-19-21-22-23-24-25-29-32-38-44-50-56-62-68-74-89(94)102-80-87(108-90(95)75-69-63-57-51-45-39-33-30-27-26-28-31-36-41-47-53-59-65-71-83(3)4)82-106-110(99,100)104-78-85(92)77-103-109(97,98)105-81-86(79-101-88(93)73-67-61-55-49-43-20-18-16-14-12-10-8-2)107-91(96)76-70-64-58-52-46-40-35-34-37-42-48-54-60-66-72-84(5)6/h83-87,92H,7-82H2,1-6H3,(H,97,98)(H,99,100)/t85-,86+,87+/m0/s1. The first-order chi connectivity index (χ1) is 53.4. The fourth-order valence-corrected chi connectivity index (χ4v) is 15.9. The van der Waals surface area contributed by atoms with Crippen LogP contribution < -0.4 is 0 Å². The fraction of sp³-hybridized carbons (Fsp3) is 0.956. The number of phosphoric ester groups is 2. The summed E-state index contributed by atoms with van der Waals surface area (Å²) in [4.78, 5) is 73.4. The highest BCUT2D eigenvalue weighted by atomic mass is 31.2. The van der Waals surface area contributed by atoms with Crippen molar-refractivity contribution in [2.75, 3.05) is 39.6 Å². The highest BCUT2D eigenvalue weighted by molar-refractivity contribution is 7.47. The number of carbonyl (C=O) groups excluding carboxylic acids is 4. The first-order valence-electron chi connectivity index (χ1n) is 47.0. The zero-order valence-corrected chi connectivity index (χ0v) is 74.4. The van der Waals surface area contributed by atoms with E-state index >= 15 is 0 Å². The van der Waals surface area contributed by atoms with Gasteiger partial charge in [-0.3, -0.25) is 37.3 Å². The molecular weight excluding hydrogens is 1430 g/mol. The molecule has 0 spiro atoms. The van der Waals surface area contributed by atoms with Crippen molar-refractivity contribution in [1.29, 1.82) is 0 Å². The minimum atomic E-state index is -4.97. The highest BCUT2D eigenvalue weighted by Crippen LogP contribution is 2.45. The van der Waals surface area contributed by atoms with Crippen LogP contribution in [0.25, 0.3) is 0 Å². The summed E-state index contributed by atoms with van der Waals surface area (Å²) in [5.41, 5.74) is 0. The van der Waals surface area contributed by atoms with Gasteiger partial charge in [-0.15, -0.1) is 0 Å². The number of hydrogen-bond donors (Lipinski definition) is 3. The Bertz CT molecular complexity index is 2100. The number of phosphoric acid groups is 2. The van der Waals surface area contributed by atoms with E-state index in [9.17, 15) is 43.2 Å². The summed E-state index contributed by atoms with van der Waals surface area (Å²) in [5, 5.41) is 10.7. The third-order valence-corrected chi connectivity index (χ3v) is 23.4. The van der Waals surface area contributed by atoms with Gasteiger partial charge in [-0.1, -0.05) is 440 Å². The van der Waals surface area contributed by atoms with Crippen LogP contribution in [0.2, 0.25) is 0 Å². The Morgan fingerprint density at radius 2 is 0.418 bits per heavy atom. The largest absolute Gasteiger partial charge is 0.472 e. The topological polar surface area (TPSA) is 237 Å². The lowest BCUT2D eigenvalue weighted by atomic mass is 10.0. The molecule has 2 unspecified atom stereocenters. The number of ether oxygens (including phenoxy) is 4. The van der Waals surface area contributed by atoms with E-state index in [1.165, 1.54) is 308 Å². The minimum absolute atomic E-state index is 0.108. The van der Waals surface area contributed by atoms with Crippen molar-refractivity contribution < 1.29 is 80.2 Å². The summed E-state index contributed by atoms with van der Waals surface area (Å²) >= 11 is 0. The molecule has 0 rings (SSSR count). The van der Waals surface area contributed by atoms with E-state index in [0.717, 1.165) is 102 Å². The van der Waals surface area contributed by atoms with Gasteiger partial charge in [-0.25, -0.2) is 9.13 Å². The molecule has 0 heterocycles. The molecule has 5 atom stereocenters. The van der Waals surface area contributed by atoms with Crippen LogP contribution in [0.5, 0.6) is 0 Å². The summed E-state index contributed by atoms with van der Waals surface area (Å²) in [7, 11) is -9.94. The Balaban J connectivity index is 5.25. The molecule has 3 N–H and O–H groups in total. The van der Waals surface area contributed by atoms with Crippen molar-refractivity contribution in [3.8, 4) is 0 Å². The molecule has 654 valence electrons. The number of rotatable bonds is 90. The van der Waals surface area contributed by atoms with Crippen molar-refractivity contribution in [3.63, 3.8) is 0 Å². The van der Waals surface area contributed by atoms with E-state index in [0.29, 0.717) is 25.7 Å². The first kappa shape index (κ1) is 108. The Morgan fingerprint density at radius 1 is 0.245 bits per heavy atom. The van der Waals surface area contributed by atoms with E-state index in [1.54, 1.807) is 0 Å². The molecule has 0 aromatic heterocycles. The minimum Gasteiger partial charge on any atom is -0.462 e. The number of aliphatic hydroxyl groups is 1. The summed E-state index contributed by atoms with van der Waals surface area (Å²) in [6.07, 6.45) is 76.4. The summed E-state index contributed by atoms with van der Waals surface area (Å²) in [6, 6.07) is 0. The maximum Gasteiger partial charge on any atom is 0.472 e. The molecule has 0 bridgehead atoms. The molecule has 0 radical (unpaired) electrons. The van der Waals surface area contributed by atoms with Crippen molar-refractivity contribution in [2.24, 2.45) is 11.8 Å². The van der Waals surface area contributed by atoms with Gasteiger partial charge in [-0.05, 0) is 37.5 Å². The average molecular weight is 1610 g/mol. The number of aliphatic hydroxyl groups excluding tert-OH is 1. The highest BCUT2D eigenvalue weighted by Gasteiger charge is 2.31. The zero-order valence-electron chi connectivity index (χ0n) is 72.6. The van der Waals surface area contributed by atoms with Crippen LogP contribution in [0.1, 0.15) is 491 Å². The van der Waals surface area contributed by atoms with Gasteiger partial charge in [0.2, 0.25) is 0 Å². The molecule has 0 aromatic rings. The summed E-state index contributed by atoms with van der Waals surface area (Å²) in [6.45, 7) is 9.76. The van der Waals surface area contributed by atoms with Gasteiger partial charge in [-0.2, -0.15) is 0 Å². The molecule has 17 nitrogen and oxygen atoms in total. The third-order valence-electron chi connectivity index (χ3n) is 21.5. The zero-order chi connectivity index (χ0) is 80.6. The number of unbranched alkanes of at least 4 members (excludes halogenated alkanes) is 60. The maximum absolute atomic E-state index is 13.2. The lowest BCUT2D eigenvalue weighted by Crippen LogP contribution is -2.30. The van der Waals surface area contributed by atoms with E-state index in [4.69, 9.17) is 37.0 Å². The molecular formula is C91H178O17P2. The predicted molar refractivity (Wildman–Crippen MR) is 455 cm³/mol. The monoisotopic (exact) mass is 1610 g/mol. The number of esters is 4. The molecule has 0 aliphatic carbocycles. The second-order valence-electron chi connectivity index (χ2n) is 33.6. The Hall–Kier alpha value is -1.94. The molecule has 19 heteroatoms. The SMILES string of the molecule is CCCCCCCCCCCCCCCCCCCCCCC(=O)OC[C@H](COP(=O)(O)OC[C@@H](O)COP(=O)(O)OC[C@@H](COC(=O)CCCCCCCCCCCCCC)OC(=O)CCCCCCCCCCCCCCCCC(C)C)OC(=O)CCCCCCCCCCCCCCCCCCCCC(C)C. The normalized spacial score (nSPS) is 13.7. The molecule has 0 saturated heterocycles. The first-order valence-corrected chi connectivity index (χ1v) is 50.0. The second-order valence-corrected chi connectivity index (χ2v) is 36.6. The molecule has 0 aromatic carbocycles. The Labute approximate surface area is 677 Å². The van der Waals surface area contributed by atoms with Crippen LogP contribution >= 0.6 is 15.6 Å². The van der Waals surface area contributed by atoms with Crippen molar-refractivity contribution in [2.45, 2.75) is 509 Å². The van der Waals surface area contributed by atoms with Gasteiger partial charge in [0, 0.05) is 25.7 Å².